The number of rotatable bonds is 9. The fourth-order valence-corrected chi connectivity index (χ4v) is 1.55. The number of benzene rings is 1. The molecule has 1 rings (SSSR count). The maximum atomic E-state index is 5.55. The van der Waals surface area contributed by atoms with Crippen LogP contribution in [-0.2, 0) is 4.74 Å². The topological polar surface area (TPSA) is 30.5 Å². The molecule has 0 atom stereocenters. The lowest BCUT2D eigenvalue weighted by Crippen LogP contribution is -2.10. The molecule has 0 spiro atoms. The second-order valence-electron chi connectivity index (χ2n) is 4.68. The Kier molecular flexibility index (Phi) is 7.26. The molecular formula is C15H25NO2. The van der Waals surface area contributed by atoms with Gasteiger partial charge in [0.1, 0.15) is 5.75 Å². The van der Waals surface area contributed by atoms with Gasteiger partial charge in [-0.1, -0.05) is 19.9 Å². The van der Waals surface area contributed by atoms with Gasteiger partial charge in [0.2, 0.25) is 0 Å². The van der Waals surface area contributed by atoms with Gasteiger partial charge in [0.25, 0.3) is 0 Å². The van der Waals surface area contributed by atoms with Crippen LogP contribution in [-0.4, -0.2) is 26.4 Å². The molecule has 0 saturated carbocycles. The van der Waals surface area contributed by atoms with Crippen LogP contribution in [0.5, 0.6) is 5.75 Å². The van der Waals surface area contributed by atoms with Crippen molar-refractivity contribution in [3.05, 3.63) is 24.3 Å². The van der Waals surface area contributed by atoms with Gasteiger partial charge in [0.05, 0.1) is 13.2 Å². The summed E-state index contributed by atoms with van der Waals surface area (Å²) in [6.45, 7) is 9.52. The van der Waals surface area contributed by atoms with E-state index in [1.165, 1.54) is 0 Å². The molecule has 1 aromatic rings. The van der Waals surface area contributed by atoms with Crippen molar-refractivity contribution in [3.8, 4) is 5.75 Å². The normalized spacial score (nSPS) is 10.7. The summed E-state index contributed by atoms with van der Waals surface area (Å²) < 4.78 is 11.0. The molecule has 0 aliphatic carbocycles. The Balaban J connectivity index is 2.16. The third-order valence-corrected chi connectivity index (χ3v) is 2.56. The van der Waals surface area contributed by atoms with E-state index in [0.717, 1.165) is 37.6 Å². The first-order valence-corrected chi connectivity index (χ1v) is 6.77. The van der Waals surface area contributed by atoms with E-state index in [4.69, 9.17) is 9.47 Å². The van der Waals surface area contributed by atoms with Gasteiger partial charge in [-0.25, -0.2) is 0 Å². The van der Waals surface area contributed by atoms with Crippen LogP contribution in [0.2, 0.25) is 0 Å². The molecule has 18 heavy (non-hydrogen) atoms. The Labute approximate surface area is 110 Å². The Morgan fingerprint density at radius 3 is 2.78 bits per heavy atom. The number of hydrogen-bond acceptors (Lipinski definition) is 3. The summed E-state index contributed by atoms with van der Waals surface area (Å²) in [5, 5.41) is 3.33. The smallest absolute Gasteiger partial charge is 0.121 e. The van der Waals surface area contributed by atoms with Crippen LogP contribution in [0.1, 0.15) is 27.2 Å². The zero-order valence-corrected chi connectivity index (χ0v) is 11.7. The van der Waals surface area contributed by atoms with E-state index in [1.807, 2.05) is 31.2 Å². The molecular weight excluding hydrogens is 226 g/mol. The third-order valence-electron chi connectivity index (χ3n) is 2.56. The minimum Gasteiger partial charge on any atom is -0.494 e. The van der Waals surface area contributed by atoms with Crippen LogP contribution < -0.4 is 10.1 Å². The van der Waals surface area contributed by atoms with E-state index in [-0.39, 0.29) is 0 Å². The molecule has 0 saturated heterocycles. The Bertz CT molecular complexity index is 326. The highest BCUT2D eigenvalue weighted by Crippen LogP contribution is 2.16. The predicted octanol–water partition coefficient (Wildman–Crippen LogP) is 3.56. The molecule has 3 heteroatoms. The van der Waals surface area contributed by atoms with E-state index in [1.54, 1.807) is 0 Å². The maximum Gasteiger partial charge on any atom is 0.121 e. The van der Waals surface area contributed by atoms with Crippen molar-refractivity contribution < 1.29 is 9.47 Å². The first-order chi connectivity index (χ1) is 8.72. The summed E-state index contributed by atoms with van der Waals surface area (Å²) in [6, 6.07) is 8.01. The molecule has 0 aliphatic rings. The van der Waals surface area contributed by atoms with Crippen LogP contribution in [0, 0.1) is 5.92 Å². The highest BCUT2D eigenvalue weighted by molar-refractivity contribution is 5.48. The van der Waals surface area contributed by atoms with Gasteiger partial charge in [-0.15, -0.1) is 0 Å². The molecule has 0 unspecified atom stereocenters. The average molecular weight is 251 g/mol. The largest absolute Gasteiger partial charge is 0.494 e. The summed E-state index contributed by atoms with van der Waals surface area (Å²) in [4.78, 5) is 0. The van der Waals surface area contributed by atoms with Crippen molar-refractivity contribution in [2.24, 2.45) is 5.92 Å². The molecule has 1 N–H and O–H groups in total. The van der Waals surface area contributed by atoms with Gasteiger partial charge in [0, 0.05) is 24.9 Å². The molecule has 0 heterocycles. The molecule has 0 aliphatic heterocycles. The zero-order chi connectivity index (χ0) is 13.2. The summed E-state index contributed by atoms with van der Waals surface area (Å²) >= 11 is 0. The van der Waals surface area contributed by atoms with E-state index in [9.17, 15) is 0 Å². The van der Waals surface area contributed by atoms with Crippen LogP contribution in [0.3, 0.4) is 0 Å². The van der Waals surface area contributed by atoms with E-state index < -0.39 is 0 Å². The van der Waals surface area contributed by atoms with Crippen LogP contribution in [0.25, 0.3) is 0 Å². The average Bonchev–Trinajstić information content (AvgIpc) is 2.34. The summed E-state index contributed by atoms with van der Waals surface area (Å²) in [5.41, 5.74) is 1.08. The Morgan fingerprint density at radius 1 is 1.22 bits per heavy atom. The second-order valence-corrected chi connectivity index (χ2v) is 4.68. The summed E-state index contributed by atoms with van der Waals surface area (Å²) in [5.74, 6) is 1.61. The SMILES string of the molecule is CCOc1cccc(NCCOCCC(C)C)c1. The first-order valence-electron chi connectivity index (χ1n) is 6.77. The van der Waals surface area contributed by atoms with Gasteiger partial charge in [-0.05, 0) is 31.4 Å². The summed E-state index contributed by atoms with van der Waals surface area (Å²) in [7, 11) is 0. The van der Waals surface area contributed by atoms with Gasteiger partial charge in [-0.2, -0.15) is 0 Å². The molecule has 0 fully saturated rings. The fourth-order valence-electron chi connectivity index (χ4n) is 1.55. The number of anilines is 1. The molecule has 0 amide bonds. The minimum absolute atomic E-state index is 0.696. The second kappa shape index (κ2) is 8.81. The van der Waals surface area contributed by atoms with Crippen molar-refractivity contribution in [2.75, 3.05) is 31.7 Å². The van der Waals surface area contributed by atoms with Crippen LogP contribution >= 0.6 is 0 Å². The quantitative estimate of drug-likeness (QED) is 0.681. The van der Waals surface area contributed by atoms with Crippen LogP contribution in [0.4, 0.5) is 5.69 Å². The van der Waals surface area contributed by atoms with Gasteiger partial charge >= 0.3 is 0 Å². The highest BCUT2D eigenvalue weighted by atomic mass is 16.5. The molecule has 102 valence electrons. The van der Waals surface area contributed by atoms with E-state index >= 15 is 0 Å². The van der Waals surface area contributed by atoms with E-state index in [2.05, 4.69) is 19.2 Å². The molecule has 0 bridgehead atoms. The Morgan fingerprint density at radius 2 is 2.06 bits per heavy atom. The standard InChI is InChI=1S/C15H25NO2/c1-4-18-15-7-5-6-14(12-15)16-9-11-17-10-8-13(2)3/h5-7,12-13,16H,4,8-11H2,1-3H3. The summed E-state index contributed by atoms with van der Waals surface area (Å²) in [6.07, 6.45) is 1.12. The van der Waals surface area contributed by atoms with Crippen molar-refractivity contribution >= 4 is 5.69 Å². The number of hydrogen-bond donors (Lipinski definition) is 1. The lowest BCUT2D eigenvalue weighted by atomic mass is 10.1. The zero-order valence-electron chi connectivity index (χ0n) is 11.7. The number of nitrogens with one attached hydrogen (secondary N) is 1. The monoisotopic (exact) mass is 251 g/mol. The number of ether oxygens (including phenoxy) is 2. The third kappa shape index (κ3) is 6.50. The lowest BCUT2D eigenvalue weighted by Gasteiger charge is -2.10. The lowest BCUT2D eigenvalue weighted by molar-refractivity contribution is 0.132. The highest BCUT2D eigenvalue weighted by Gasteiger charge is 1.96. The van der Waals surface area contributed by atoms with Gasteiger partial charge in [-0.3, -0.25) is 0 Å². The van der Waals surface area contributed by atoms with Gasteiger partial charge < -0.3 is 14.8 Å². The maximum absolute atomic E-state index is 5.55. The first kappa shape index (κ1) is 14.8. The minimum atomic E-state index is 0.696. The van der Waals surface area contributed by atoms with E-state index in [0.29, 0.717) is 12.5 Å². The van der Waals surface area contributed by atoms with Crippen molar-refractivity contribution in [3.63, 3.8) is 0 Å². The molecule has 1 aromatic carbocycles. The van der Waals surface area contributed by atoms with Crippen molar-refractivity contribution in [1.29, 1.82) is 0 Å². The molecule has 0 radical (unpaired) electrons. The van der Waals surface area contributed by atoms with Crippen molar-refractivity contribution in [1.82, 2.24) is 0 Å². The molecule has 0 aromatic heterocycles. The van der Waals surface area contributed by atoms with Gasteiger partial charge in [0.15, 0.2) is 0 Å². The predicted molar refractivity (Wildman–Crippen MR) is 76.4 cm³/mol. The Hall–Kier alpha value is -1.22. The van der Waals surface area contributed by atoms with Crippen LogP contribution in [0.15, 0.2) is 24.3 Å². The fraction of sp³-hybridized carbons (Fsp3) is 0.600. The van der Waals surface area contributed by atoms with Crippen molar-refractivity contribution in [2.45, 2.75) is 27.2 Å². The molecule has 3 nitrogen and oxygen atoms in total.